The van der Waals surface area contributed by atoms with Crippen LogP contribution in [0.25, 0.3) is 5.69 Å². The van der Waals surface area contributed by atoms with Crippen molar-refractivity contribution in [2.24, 2.45) is 5.92 Å². The Hall–Kier alpha value is -3.48. The fourth-order valence-corrected chi connectivity index (χ4v) is 5.93. The summed E-state index contributed by atoms with van der Waals surface area (Å²) in [5.41, 5.74) is 6.62. The minimum atomic E-state index is -0.674. The monoisotopic (exact) mass is 616 g/mol. The standard InChI is InChI=1S/C30H39ClF2N8O2/c1-17-13-40(14-18(2)39(17)5)26-11-22(32)25(41-15-27(36-37-41)43-16-20-6-8-38(4)9-7-20)12-24(26)35-30(42)21-10-23(34)29(33)19(3)28(21)31/h10-12,15,17-18,20H,6-9,13-14,16,34H2,1-5H3,(H,35,42)/t17-,18+. The van der Waals surface area contributed by atoms with E-state index in [2.05, 4.69) is 53.4 Å². The molecule has 1 amide bonds. The van der Waals surface area contributed by atoms with E-state index in [1.165, 1.54) is 36.0 Å². The molecule has 0 unspecified atom stereocenters. The fourth-order valence-electron chi connectivity index (χ4n) is 5.71. The van der Waals surface area contributed by atoms with E-state index in [4.69, 9.17) is 22.1 Å². The Kier molecular flexibility index (Phi) is 9.10. The molecule has 0 spiro atoms. The number of carbonyl (C=O) groups excluding carboxylic acids is 1. The van der Waals surface area contributed by atoms with Gasteiger partial charge < -0.3 is 25.6 Å². The number of nitrogens with zero attached hydrogens (tertiary/aromatic N) is 6. The van der Waals surface area contributed by atoms with Gasteiger partial charge in [0.2, 0.25) is 0 Å². The van der Waals surface area contributed by atoms with Crippen molar-refractivity contribution in [3.63, 3.8) is 0 Å². The lowest BCUT2D eigenvalue weighted by molar-refractivity contribution is 0.102. The van der Waals surface area contributed by atoms with Crippen LogP contribution in [0.2, 0.25) is 5.02 Å². The second-order valence-electron chi connectivity index (χ2n) is 11.9. The summed E-state index contributed by atoms with van der Waals surface area (Å²) >= 11 is 6.35. The van der Waals surface area contributed by atoms with Crippen LogP contribution in [0.4, 0.5) is 25.8 Å². The molecule has 0 radical (unpaired) electrons. The number of halogens is 3. The van der Waals surface area contributed by atoms with Gasteiger partial charge in [-0.2, -0.15) is 0 Å². The molecule has 13 heteroatoms. The van der Waals surface area contributed by atoms with Crippen molar-refractivity contribution < 1.29 is 18.3 Å². The zero-order valence-corrected chi connectivity index (χ0v) is 26.0. The Morgan fingerprint density at radius 3 is 2.47 bits per heavy atom. The third kappa shape index (κ3) is 6.56. The van der Waals surface area contributed by atoms with Crippen LogP contribution in [-0.4, -0.2) is 89.7 Å². The number of hydrogen-bond acceptors (Lipinski definition) is 8. The highest BCUT2D eigenvalue weighted by atomic mass is 35.5. The molecule has 0 bridgehead atoms. The molecule has 2 fully saturated rings. The highest BCUT2D eigenvalue weighted by Gasteiger charge is 2.30. The second kappa shape index (κ2) is 12.6. The van der Waals surface area contributed by atoms with E-state index in [9.17, 15) is 9.18 Å². The van der Waals surface area contributed by atoms with E-state index >= 15 is 4.39 Å². The molecule has 3 heterocycles. The van der Waals surface area contributed by atoms with E-state index in [0.717, 1.165) is 25.9 Å². The minimum Gasteiger partial charge on any atom is -0.475 e. The highest BCUT2D eigenvalue weighted by molar-refractivity contribution is 6.35. The second-order valence-corrected chi connectivity index (χ2v) is 12.2. The first-order valence-corrected chi connectivity index (χ1v) is 14.9. The molecule has 2 aromatic carbocycles. The number of anilines is 3. The summed E-state index contributed by atoms with van der Waals surface area (Å²) in [4.78, 5) is 20.1. The van der Waals surface area contributed by atoms with E-state index in [1.807, 2.05) is 4.90 Å². The molecule has 2 atom stereocenters. The van der Waals surface area contributed by atoms with E-state index < -0.39 is 17.5 Å². The number of hydrogen-bond donors (Lipinski definition) is 2. The Balaban J connectivity index is 1.46. The zero-order chi connectivity index (χ0) is 31.0. The third-order valence-electron chi connectivity index (χ3n) is 8.73. The number of benzene rings is 2. The topological polar surface area (TPSA) is 105 Å². The molecule has 5 rings (SSSR count). The Morgan fingerprint density at radius 2 is 1.79 bits per heavy atom. The van der Waals surface area contributed by atoms with Gasteiger partial charge in [-0.05, 0) is 78.8 Å². The smallest absolute Gasteiger partial charge is 0.257 e. The molecule has 10 nitrogen and oxygen atoms in total. The number of ether oxygens (including phenoxy) is 1. The van der Waals surface area contributed by atoms with Crippen molar-refractivity contribution in [2.45, 2.75) is 45.7 Å². The molecule has 2 saturated heterocycles. The van der Waals surface area contributed by atoms with Crippen LogP contribution in [0, 0.1) is 24.5 Å². The van der Waals surface area contributed by atoms with Crippen LogP contribution in [0.5, 0.6) is 5.88 Å². The predicted octanol–water partition coefficient (Wildman–Crippen LogP) is 4.59. The quantitative estimate of drug-likeness (QED) is 0.372. The molecular formula is C30H39ClF2N8O2. The summed E-state index contributed by atoms with van der Waals surface area (Å²) in [7, 11) is 4.16. The van der Waals surface area contributed by atoms with Crippen LogP contribution in [0.15, 0.2) is 24.4 Å². The molecule has 1 aromatic heterocycles. The summed E-state index contributed by atoms with van der Waals surface area (Å²) in [5, 5.41) is 11.0. The highest BCUT2D eigenvalue weighted by Crippen LogP contribution is 2.35. The first-order valence-electron chi connectivity index (χ1n) is 14.5. The summed E-state index contributed by atoms with van der Waals surface area (Å²) in [6.45, 7) is 9.43. The lowest BCUT2D eigenvalue weighted by Gasteiger charge is -2.44. The Bertz CT molecular complexity index is 1480. The SMILES string of the molecule is Cc1c(F)c(N)cc(C(=O)Nc2cc(-n3cc(OCC4CCN(C)CC4)nn3)c(F)cc2N2C[C@@H](C)N(C)[C@@H](C)C2)c1Cl. The normalized spacial score (nSPS) is 20.4. The molecular weight excluding hydrogens is 578 g/mol. The number of piperazine rings is 1. The molecule has 2 aliphatic heterocycles. The van der Waals surface area contributed by atoms with Gasteiger partial charge in [-0.1, -0.05) is 21.9 Å². The molecule has 3 N–H and O–H groups in total. The summed E-state index contributed by atoms with van der Waals surface area (Å²) in [6, 6.07) is 4.48. The van der Waals surface area contributed by atoms with Gasteiger partial charge in [0.05, 0.1) is 40.5 Å². The van der Waals surface area contributed by atoms with Gasteiger partial charge in [0.25, 0.3) is 11.8 Å². The number of piperidine rings is 1. The number of likely N-dealkylation sites (N-methyl/N-ethyl adjacent to an activating group) is 1. The number of carbonyl (C=O) groups is 1. The zero-order valence-electron chi connectivity index (χ0n) is 25.2. The number of rotatable bonds is 7. The van der Waals surface area contributed by atoms with Crippen LogP contribution < -0.4 is 20.7 Å². The number of nitrogens with one attached hydrogen (secondary N) is 1. The summed E-state index contributed by atoms with van der Waals surface area (Å²) in [6.07, 6.45) is 3.60. The van der Waals surface area contributed by atoms with Crippen LogP contribution in [0.1, 0.15) is 42.6 Å². The maximum Gasteiger partial charge on any atom is 0.257 e. The largest absolute Gasteiger partial charge is 0.475 e. The molecule has 43 heavy (non-hydrogen) atoms. The third-order valence-corrected chi connectivity index (χ3v) is 9.22. The van der Waals surface area contributed by atoms with Gasteiger partial charge in [0.1, 0.15) is 5.69 Å². The first-order chi connectivity index (χ1) is 20.4. The number of likely N-dealkylation sites (tertiary alicyclic amines) is 1. The van der Waals surface area contributed by atoms with Gasteiger partial charge in [0, 0.05) is 36.8 Å². The minimum absolute atomic E-state index is 0.0142. The number of nitrogen functional groups attached to an aromatic ring is 1. The van der Waals surface area contributed by atoms with Crippen LogP contribution >= 0.6 is 11.6 Å². The van der Waals surface area contributed by atoms with Gasteiger partial charge >= 0.3 is 0 Å². The van der Waals surface area contributed by atoms with Crippen molar-refractivity contribution in [1.29, 1.82) is 0 Å². The average molecular weight is 617 g/mol. The molecule has 0 saturated carbocycles. The average Bonchev–Trinajstić information content (AvgIpc) is 3.45. The first kappa shape index (κ1) is 31.0. The molecule has 0 aliphatic carbocycles. The van der Waals surface area contributed by atoms with Gasteiger partial charge in [-0.3, -0.25) is 9.69 Å². The van der Waals surface area contributed by atoms with Crippen molar-refractivity contribution in [2.75, 3.05) is 62.8 Å². The molecule has 3 aromatic rings. The van der Waals surface area contributed by atoms with Crippen LogP contribution in [-0.2, 0) is 0 Å². The number of amides is 1. The number of aromatic nitrogens is 3. The fraction of sp³-hybridized carbons (Fsp3) is 0.500. The lowest BCUT2D eigenvalue weighted by Crippen LogP contribution is -2.55. The van der Waals surface area contributed by atoms with E-state index in [-0.39, 0.29) is 39.6 Å². The van der Waals surface area contributed by atoms with E-state index in [0.29, 0.717) is 42.9 Å². The van der Waals surface area contributed by atoms with E-state index in [1.54, 1.807) is 0 Å². The molecule has 2 aliphatic rings. The van der Waals surface area contributed by atoms with Crippen molar-refractivity contribution in [1.82, 2.24) is 24.8 Å². The number of nitrogens with two attached hydrogens (primary N) is 1. The molecule has 232 valence electrons. The maximum absolute atomic E-state index is 15.8. The van der Waals surface area contributed by atoms with Gasteiger partial charge in [-0.25, -0.2) is 13.5 Å². The maximum atomic E-state index is 15.8. The van der Waals surface area contributed by atoms with Crippen molar-refractivity contribution in [3.05, 3.63) is 52.2 Å². The van der Waals surface area contributed by atoms with Gasteiger partial charge in [0.15, 0.2) is 11.6 Å². The van der Waals surface area contributed by atoms with Crippen molar-refractivity contribution in [3.8, 4) is 11.6 Å². The summed E-state index contributed by atoms with van der Waals surface area (Å²) < 4.78 is 37.3. The lowest BCUT2D eigenvalue weighted by atomic mass is 9.98. The van der Waals surface area contributed by atoms with Crippen molar-refractivity contribution >= 4 is 34.6 Å². The summed E-state index contributed by atoms with van der Waals surface area (Å²) in [5.74, 6) is -1.11. The Labute approximate surface area is 255 Å². The van der Waals surface area contributed by atoms with Gasteiger partial charge in [-0.15, -0.1) is 0 Å². The predicted molar refractivity (Wildman–Crippen MR) is 164 cm³/mol. The van der Waals surface area contributed by atoms with Crippen LogP contribution in [0.3, 0.4) is 0 Å². The Morgan fingerprint density at radius 1 is 1.12 bits per heavy atom.